The molecule has 1 aromatic heterocycles. The summed E-state index contributed by atoms with van der Waals surface area (Å²) in [5.41, 5.74) is 1.54. The molecule has 0 saturated carbocycles. The minimum atomic E-state index is -1.04. The lowest BCUT2D eigenvalue weighted by molar-refractivity contribution is -0.134. The fourth-order valence-electron chi connectivity index (χ4n) is 5.03. The second-order valence-corrected chi connectivity index (χ2v) is 11.3. The molecule has 4 rings (SSSR count). The number of fused-ring (bicyclic) bond motifs is 1. The number of benzene rings is 2. The normalized spacial score (nSPS) is 16.1. The Hall–Kier alpha value is -3.52. The van der Waals surface area contributed by atoms with Crippen LogP contribution in [0.2, 0.25) is 0 Å². The second-order valence-electron chi connectivity index (χ2n) is 11.3. The molecule has 0 aliphatic carbocycles. The van der Waals surface area contributed by atoms with Gasteiger partial charge in [0.1, 0.15) is 17.2 Å². The lowest BCUT2D eigenvalue weighted by atomic mass is 9.84. The van der Waals surface area contributed by atoms with Crippen LogP contribution < -0.4 is 10.6 Å². The fraction of sp³-hybridized carbons (Fsp3) is 0.400. The van der Waals surface area contributed by atoms with Gasteiger partial charge in [0.25, 0.3) is 0 Å². The smallest absolute Gasteiger partial charge is 0.245 e. The standard InChI is InChI=1S/C30H36F2N4O2/c1-29(2,3)20-36-16-13-30(14-17-36,35-27(37)11-6-21-4-7-23(31)8-5-21)28(38)33-15-12-22-19-34-26-10-9-24(32)18-25(22)26/h4-11,18-19,34H,12-17,20H2,1-3H3,(H,33,38)(H,35,37)/b11-6+. The van der Waals surface area contributed by atoms with Crippen molar-refractivity contribution in [3.05, 3.63) is 77.5 Å². The molecule has 3 aromatic rings. The van der Waals surface area contributed by atoms with Gasteiger partial charge in [0, 0.05) is 49.4 Å². The number of nitrogens with one attached hydrogen (secondary N) is 3. The molecule has 1 aliphatic rings. The number of carbonyl (C=O) groups excluding carboxylic acids is 2. The summed E-state index contributed by atoms with van der Waals surface area (Å²) < 4.78 is 26.9. The third-order valence-corrected chi connectivity index (χ3v) is 6.91. The first-order chi connectivity index (χ1) is 18.0. The average molecular weight is 523 g/mol. The van der Waals surface area contributed by atoms with Crippen molar-refractivity contribution in [1.29, 1.82) is 0 Å². The van der Waals surface area contributed by atoms with Gasteiger partial charge >= 0.3 is 0 Å². The highest BCUT2D eigenvalue weighted by Gasteiger charge is 2.42. The predicted octanol–water partition coefficient (Wildman–Crippen LogP) is 4.82. The Morgan fingerprint density at radius 2 is 1.74 bits per heavy atom. The summed E-state index contributed by atoms with van der Waals surface area (Å²) in [5, 5.41) is 6.79. The summed E-state index contributed by atoms with van der Waals surface area (Å²) in [7, 11) is 0. The molecule has 2 heterocycles. The van der Waals surface area contributed by atoms with E-state index in [1.807, 2.05) is 6.20 Å². The summed E-state index contributed by atoms with van der Waals surface area (Å²) in [6, 6.07) is 10.4. The molecule has 1 fully saturated rings. The van der Waals surface area contributed by atoms with Crippen LogP contribution in [0.25, 0.3) is 17.0 Å². The molecule has 2 aromatic carbocycles. The molecule has 2 amide bonds. The van der Waals surface area contributed by atoms with Gasteiger partial charge in [0.2, 0.25) is 11.8 Å². The molecule has 6 nitrogen and oxygen atoms in total. The molecular weight excluding hydrogens is 486 g/mol. The number of nitrogens with zero attached hydrogens (tertiary/aromatic N) is 1. The second kappa shape index (κ2) is 11.5. The van der Waals surface area contributed by atoms with Crippen molar-refractivity contribution in [1.82, 2.24) is 20.5 Å². The van der Waals surface area contributed by atoms with E-state index in [0.29, 0.717) is 44.5 Å². The third kappa shape index (κ3) is 7.07. The number of hydrogen-bond acceptors (Lipinski definition) is 3. The molecule has 202 valence electrons. The summed E-state index contributed by atoms with van der Waals surface area (Å²) >= 11 is 0. The molecule has 1 saturated heterocycles. The molecule has 3 N–H and O–H groups in total. The maximum absolute atomic E-state index is 13.7. The molecule has 8 heteroatoms. The van der Waals surface area contributed by atoms with Crippen molar-refractivity contribution in [2.75, 3.05) is 26.2 Å². The van der Waals surface area contributed by atoms with Crippen molar-refractivity contribution in [3.63, 3.8) is 0 Å². The molecule has 1 aliphatic heterocycles. The first-order valence-corrected chi connectivity index (χ1v) is 13.1. The highest BCUT2D eigenvalue weighted by molar-refractivity contribution is 5.97. The SMILES string of the molecule is CC(C)(C)CN1CCC(NC(=O)/C=C/c2ccc(F)cc2)(C(=O)NCCc2c[nH]c3ccc(F)cc23)CC1. The summed E-state index contributed by atoms with van der Waals surface area (Å²) in [4.78, 5) is 31.9. The van der Waals surface area contributed by atoms with Gasteiger partial charge in [0.05, 0.1) is 0 Å². The number of halogens is 2. The number of H-pyrrole nitrogens is 1. The minimum absolute atomic E-state index is 0.127. The number of amides is 2. The van der Waals surface area contributed by atoms with E-state index in [0.717, 1.165) is 23.0 Å². The van der Waals surface area contributed by atoms with Crippen LogP contribution in [0, 0.1) is 17.0 Å². The summed E-state index contributed by atoms with van der Waals surface area (Å²) in [5.74, 6) is -1.25. The van der Waals surface area contributed by atoms with Crippen LogP contribution in [0.4, 0.5) is 8.78 Å². The Labute approximate surface area is 222 Å². The maximum Gasteiger partial charge on any atom is 0.245 e. The zero-order chi connectivity index (χ0) is 27.3. The first kappa shape index (κ1) is 27.5. The van der Waals surface area contributed by atoms with E-state index in [9.17, 15) is 18.4 Å². The van der Waals surface area contributed by atoms with Crippen LogP contribution in [0.1, 0.15) is 44.7 Å². The van der Waals surface area contributed by atoms with E-state index < -0.39 is 5.54 Å². The van der Waals surface area contributed by atoms with E-state index in [1.54, 1.807) is 24.3 Å². The summed E-state index contributed by atoms with van der Waals surface area (Å²) in [6.07, 6.45) is 6.32. The largest absolute Gasteiger partial charge is 0.361 e. The zero-order valence-corrected chi connectivity index (χ0v) is 22.2. The Morgan fingerprint density at radius 1 is 1.05 bits per heavy atom. The van der Waals surface area contributed by atoms with E-state index >= 15 is 0 Å². The highest BCUT2D eigenvalue weighted by atomic mass is 19.1. The molecule has 0 atom stereocenters. The van der Waals surface area contributed by atoms with Gasteiger partial charge in [-0.1, -0.05) is 32.9 Å². The Kier molecular flexibility index (Phi) is 8.31. The molecular formula is C30H36F2N4O2. The highest BCUT2D eigenvalue weighted by Crippen LogP contribution is 2.26. The van der Waals surface area contributed by atoms with Crippen molar-refractivity contribution in [2.45, 2.75) is 45.6 Å². The number of hydrogen-bond donors (Lipinski definition) is 3. The van der Waals surface area contributed by atoms with Gasteiger partial charge in [-0.05, 0) is 72.2 Å². The third-order valence-electron chi connectivity index (χ3n) is 6.91. The number of rotatable bonds is 8. The quantitative estimate of drug-likeness (QED) is 0.372. The number of carbonyl (C=O) groups is 2. The maximum atomic E-state index is 13.7. The van der Waals surface area contributed by atoms with E-state index in [2.05, 4.69) is 41.3 Å². The van der Waals surface area contributed by atoms with E-state index in [1.165, 1.54) is 30.3 Å². The van der Waals surface area contributed by atoms with E-state index in [-0.39, 0.29) is 28.9 Å². The zero-order valence-electron chi connectivity index (χ0n) is 22.2. The van der Waals surface area contributed by atoms with Gasteiger partial charge in [-0.2, -0.15) is 0 Å². The molecule has 0 bridgehead atoms. The van der Waals surface area contributed by atoms with Crippen molar-refractivity contribution in [3.8, 4) is 0 Å². The van der Waals surface area contributed by atoms with Gasteiger partial charge < -0.3 is 20.5 Å². The van der Waals surface area contributed by atoms with Crippen LogP contribution in [-0.2, 0) is 16.0 Å². The number of aromatic amines is 1. The lowest BCUT2D eigenvalue weighted by Crippen LogP contribution is -2.63. The van der Waals surface area contributed by atoms with Gasteiger partial charge in [-0.15, -0.1) is 0 Å². The van der Waals surface area contributed by atoms with Crippen LogP contribution in [-0.4, -0.2) is 53.4 Å². The lowest BCUT2D eigenvalue weighted by Gasteiger charge is -2.42. The topological polar surface area (TPSA) is 77.2 Å². The molecule has 0 radical (unpaired) electrons. The average Bonchev–Trinajstić information content (AvgIpc) is 3.26. The van der Waals surface area contributed by atoms with Crippen LogP contribution in [0.15, 0.2) is 54.7 Å². The molecule has 0 unspecified atom stereocenters. The van der Waals surface area contributed by atoms with Crippen LogP contribution in [0.3, 0.4) is 0 Å². The Morgan fingerprint density at radius 3 is 2.42 bits per heavy atom. The number of likely N-dealkylation sites (tertiary alicyclic amines) is 1. The van der Waals surface area contributed by atoms with Crippen molar-refractivity contribution < 1.29 is 18.4 Å². The van der Waals surface area contributed by atoms with Crippen molar-refractivity contribution >= 4 is 28.8 Å². The first-order valence-electron chi connectivity index (χ1n) is 13.1. The molecule has 38 heavy (non-hydrogen) atoms. The minimum Gasteiger partial charge on any atom is -0.361 e. The number of piperidine rings is 1. The Bertz CT molecular complexity index is 1300. The predicted molar refractivity (Wildman–Crippen MR) is 146 cm³/mol. The number of aromatic nitrogens is 1. The van der Waals surface area contributed by atoms with Gasteiger partial charge in [-0.25, -0.2) is 8.78 Å². The van der Waals surface area contributed by atoms with Gasteiger partial charge in [-0.3, -0.25) is 9.59 Å². The van der Waals surface area contributed by atoms with Crippen LogP contribution >= 0.6 is 0 Å². The molecule has 0 spiro atoms. The van der Waals surface area contributed by atoms with E-state index in [4.69, 9.17) is 0 Å². The Balaban J connectivity index is 1.43. The van der Waals surface area contributed by atoms with Crippen molar-refractivity contribution in [2.24, 2.45) is 5.41 Å². The summed E-state index contributed by atoms with van der Waals surface area (Å²) in [6.45, 7) is 9.18. The monoisotopic (exact) mass is 522 g/mol. The van der Waals surface area contributed by atoms with Crippen LogP contribution in [0.5, 0.6) is 0 Å². The van der Waals surface area contributed by atoms with Gasteiger partial charge in [0.15, 0.2) is 0 Å². The fourth-order valence-corrected chi connectivity index (χ4v) is 5.03.